The van der Waals surface area contributed by atoms with E-state index in [9.17, 15) is 9.59 Å². The molecule has 23 heavy (non-hydrogen) atoms. The fourth-order valence-electron chi connectivity index (χ4n) is 3.20. The molecule has 1 fully saturated rings. The van der Waals surface area contributed by atoms with Crippen LogP contribution in [0.2, 0.25) is 0 Å². The number of aliphatic carboxylic acids is 1. The van der Waals surface area contributed by atoms with Gasteiger partial charge in [0.05, 0.1) is 38.3 Å². The van der Waals surface area contributed by atoms with Crippen molar-refractivity contribution in [3.63, 3.8) is 0 Å². The summed E-state index contributed by atoms with van der Waals surface area (Å²) in [4.78, 5) is 25.0. The second-order valence-corrected chi connectivity index (χ2v) is 5.94. The van der Waals surface area contributed by atoms with Gasteiger partial charge in [-0.1, -0.05) is 24.3 Å². The Morgan fingerprint density at radius 1 is 1.17 bits per heavy atom. The van der Waals surface area contributed by atoms with Crippen LogP contribution in [0.3, 0.4) is 0 Å². The fourth-order valence-corrected chi connectivity index (χ4v) is 3.20. The third kappa shape index (κ3) is 3.89. The van der Waals surface area contributed by atoms with E-state index in [1.807, 2.05) is 18.2 Å². The average molecular weight is 319 g/mol. The SMILES string of the molecule is O=C(O)CC1CN(C(=O)CC2OCCc3ccccc32)CCO1. The Kier molecular flexibility index (Phi) is 4.93. The minimum Gasteiger partial charge on any atom is -0.481 e. The summed E-state index contributed by atoms with van der Waals surface area (Å²) in [5.74, 6) is -0.917. The average Bonchev–Trinajstić information content (AvgIpc) is 2.55. The van der Waals surface area contributed by atoms with Crippen molar-refractivity contribution in [3.05, 3.63) is 35.4 Å². The number of carbonyl (C=O) groups excluding carboxylic acids is 1. The number of amides is 1. The smallest absolute Gasteiger partial charge is 0.306 e. The van der Waals surface area contributed by atoms with Gasteiger partial charge in [0.1, 0.15) is 0 Å². The van der Waals surface area contributed by atoms with Crippen LogP contribution >= 0.6 is 0 Å². The largest absolute Gasteiger partial charge is 0.481 e. The molecule has 2 heterocycles. The van der Waals surface area contributed by atoms with Gasteiger partial charge in [0.2, 0.25) is 5.91 Å². The predicted molar refractivity (Wildman–Crippen MR) is 82.0 cm³/mol. The van der Waals surface area contributed by atoms with Crippen molar-refractivity contribution < 1.29 is 24.2 Å². The third-order valence-electron chi connectivity index (χ3n) is 4.35. The van der Waals surface area contributed by atoms with Crippen LogP contribution in [0, 0.1) is 0 Å². The molecule has 0 aliphatic carbocycles. The number of carbonyl (C=O) groups is 2. The molecule has 0 radical (unpaired) electrons. The summed E-state index contributed by atoms with van der Waals surface area (Å²) in [7, 11) is 0. The van der Waals surface area contributed by atoms with Crippen LogP contribution in [-0.2, 0) is 25.5 Å². The van der Waals surface area contributed by atoms with E-state index < -0.39 is 12.1 Å². The lowest BCUT2D eigenvalue weighted by molar-refractivity contribution is -0.149. The van der Waals surface area contributed by atoms with E-state index in [2.05, 4.69) is 6.07 Å². The minimum atomic E-state index is -0.908. The number of hydrogen-bond acceptors (Lipinski definition) is 4. The Bertz CT molecular complexity index is 588. The monoisotopic (exact) mass is 319 g/mol. The number of ether oxygens (including phenoxy) is 2. The zero-order valence-electron chi connectivity index (χ0n) is 12.9. The van der Waals surface area contributed by atoms with E-state index in [0.29, 0.717) is 26.3 Å². The molecule has 3 rings (SSSR count). The Balaban J connectivity index is 1.62. The molecule has 1 N–H and O–H groups in total. The molecule has 0 aromatic heterocycles. The van der Waals surface area contributed by atoms with Gasteiger partial charge in [0.15, 0.2) is 0 Å². The van der Waals surface area contributed by atoms with Gasteiger partial charge in [-0.15, -0.1) is 0 Å². The lowest BCUT2D eigenvalue weighted by atomic mass is 9.95. The number of morpholine rings is 1. The summed E-state index contributed by atoms with van der Waals surface area (Å²) in [5.41, 5.74) is 2.32. The van der Waals surface area contributed by atoms with E-state index in [-0.39, 0.29) is 24.9 Å². The maximum atomic E-state index is 12.6. The third-order valence-corrected chi connectivity index (χ3v) is 4.35. The summed E-state index contributed by atoms with van der Waals surface area (Å²) >= 11 is 0. The van der Waals surface area contributed by atoms with Crippen LogP contribution < -0.4 is 0 Å². The summed E-state index contributed by atoms with van der Waals surface area (Å²) in [6.07, 6.45) is 0.445. The quantitative estimate of drug-likeness (QED) is 0.907. The van der Waals surface area contributed by atoms with Gasteiger partial charge in [-0.05, 0) is 17.5 Å². The van der Waals surface area contributed by atoms with Crippen molar-refractivity contribution in [1.29, 1.82) is 0 Å². The van der Waals surface area contributed by atoms with E-state index >= 15 is 0 Å². The highest BCUT2D eigenvalue weighted by Gasteiger charge is 2.29. The molecule has 1 aromatic carbocycles. The second kappa shape index (κ2) is 7.10. The van der Waals surface area contributed by atoms with Gasteiger partial charge in [-0.25, -0.2) is 0 Å². The summed E-state index contributed by atoms with van der Waals surface area (Å²) in [6, 6.07) is 8.05. The number of rotatable bonds is 4. The highest BCUT2D eigenvalue weighted by molar-refractivity contribution is 5.77. The van der Waals surface area contributed by atoms with Gasteiger partial charge in [-0.3, -0.25) is 9.59 Å². The van der Waals surface area contributed by atoms with Crippen molar-refractivity contribution in [2.24, 2.45) is 0 Å². The maximum Gasteiger partial charge on any atom is 0.306 e. The fraction of sp³-hybridized carbons (Fsp3) is 0.529. The zero-order chi connectivity index (χ0) is 16.2. The predicted octanol–water partition coefficient (Wildman–Crippen LogP) is 1.39. The van der Waals surface area contributed by atoms with Crippen molar-refractivity contribution in [2.75, 3.05) is 26.3 Å². The molecule has 0 bridgehead atoms. The maximum absolute atomic E-state index is 12.6. The van der Waals surface area contributed by atoms with Crippen molar-refractivity contribution >= 4 is 11.9 Å². The van der Waals surface area contributed by atoms with Crippen LogP contribution in [0.25, 0.3) is 0 Å². The molecule has 2 aliphatic heterocycles. The normalized spacial score (nSPS) is 24.1. The molecule has 1 saturated heterocycles. The molecule has 2 unspecified atom stereocenters. The zero-order valence-corrected chi connectivity index (χ0v) is 12.9. The van der Waals surface area contributed by atoms with Crippen LogP contribution in [0.15, 0.2) is 24.3 Å². The molecule has 2 atom stereocenters. The van der Waals surface area contributed by atoms with E-state index in [1.165, 1.54) is 5.56 Å². The topological polar surface area (TPSA) is 76.1 Å². The Hall–Kier alpha value is -1.92. The highest BCUT2D eigenvalue weighted by atomic mass is 16.5. The standard InChI is InChI=1S/C17H21NO5/c19-16(18-6-8-22-13(11-18)9-17(20)21)10-15-14-4-2-1-3-12(14)5-7-23-15/h1-4,13,15H,5-11H2,(H,20,21). The Morgan fingerprint density at radius 3 is 2.83 bits per heavy atom. The summed E-state index contributed by atoms with van der Waals surface area (Å²) < 4.78 is 11.2. The molecule has 6 heteroatoms. The summed E-state index contributed by atoms with van der Waals surface area (Å²) in [5, 5.41) is 8.86. The molecular formula is C17H21NO5. The van der Waals surface area contributed by atoms with Crippen LogP contribution in [0.1, 0.15) is 30.1 Å². The van der Waals surface area contributed by atoms with Gasteiger partial charge < -0.3 is 19.5 Å². The van der Waals surface area contributed by atoms with Crippen LogP contribution in [-0.4, -0.2) is 54.3 Å². The van der Waals surface area contributed by atoms with Gasteiger partial charge in [-0.2, -0.15) is 0 Å². The first-order chi connectivity index (χ1) is 11.1. The molecule has 1 aromatic rings. The van der Waals surface area contributed by atoms with Gasteiger partial charge >= 0.3 is 5.97 Å². The van der Waals surface area contributed by atoms with Crippen molar-refractivity contribution in [2.45, 2.75) is 31.5 Å². The first-order valence-corrected chi connectivity index (χ1v) is 7.94. The lowest BCUT2D eigenvalue weighted by Crippen LogP contribution is -2.46. The van der Waals surface area contributed by atoms with E-state index in [0.717, 1.165) is 12.0 Å². The minimum absolute atomic E-state index is 0.00890. The number of carboxylic acid groups (broad SMARTS) is 1. The van der Waals surface area contributed by atoms with Crippen molar-refractivity contribution in [3.8, 4) is 0 Å². The Labute approximate surface area is 135 Å². The molecule has 0 spiro atoms. The molecule has 0 saturated carbocycles. The molecular weight excluding hydrogens is 298 g/mol. The molecule has 1 amide bonds. The molecule has 124 valence electrons. The first kappa shape index (κ1) is 16.0. The van der Waals surface area contributed by atoms with Gasteiger partial charge in [0, 0.05) is 13.1 Å². The Morgan fingerprint density at radius 2 is 2.00 bits per heavy atom. The number of hydrogen-bond donors (Lipinski definition) is 1. The lowest BCUT2D eigenvalue weighted by Gasteiger charge is -2.34. The number of fused-ring (bicyclic) bond motifs is 1. The van der Waals surface area contributed by atoms with Crippen LogP contribution in [0.5, 0.6) is 0 Å². The van der Waals surface area contributed by atoms with E-state index in [1.54, 1.807) is 4.90 Å². The summed E-state index contributed by atoms with van der Waals surface area (Å²) in [6.45, 7) is 1.84. The number of benzene rings is 1. The molecule has 2 aliphatic rings. The van der Waals surface area contributed by atoms with Gasteiger partial charge in [0.25, 0.3) is 0 Å². The number of nitrogens with zero attached hydrogens (tertiary/aromatic N) is 1. The number of carboxylic acids is 1. The molecule has 6 nitrogen and oxygen atoms in total. The van der Waals surface area contributed by atoms with E-state index in [4.69, 9.17) is 14.6 Å². The second-order valence-electron chi connectivity index (χ2n) is 5.94. The highest BCUT2D eigenvalue weighted by Crippen LogP contribution is 2.30. The van der Waals surface area contributed by atoms with Crippen molar-refractivity contribution in [1.82, 2.24) is 4.90 Å². The first-order valence-electron chi connectivity index (χ1n) is 7.94. The van der Waals surface area contributed by atoms with Crippen LogP contribution in [0.4, 0.5) is 0 Å².